The summed E-state index contributed by atoms with van der Waals surface area (Å²) in [6, 6.07) is 12.5. The summed E-state index contributed by atoms with van der Waals surface area (Å²) in [5.41, 5.74) is 2.78. The standard InChI is InChI=1S/C16H13BrO4/c1-10(18)21-15-8-11(6-7-14(15)16(19)20)13-5-3-2-4-12(13)9-17/h2-8H,9H2,1H3,(H,19,20). The minimum absolute atomic E-state index is 0.0368. The molecule has 0 unspecified atom stereocenters. The van der Waals surface area contributed by atoms with Crippen molar-refractivity contribution in [2.45, 2.75) is 12.3 Å². The minimum Gasteiger partial charge on any atom is -0.478 e. The molecule has 0 atom stereocenters. The second kappa shape index (κ2) is 6.54. The van der Waals surface area contributed by atoms with Gasteiger partial charge in [-0.2, -0.15) is 0 Å². The number of rotatable bonds is 4. The number of aromatic carboxylic acids is 1. The van der Waals surface area contributed by atoms with Crippen LogP contribution < -0.4 is 4.74 Å². The summed E-state index contributed by atoms with van der Waals surface area (Å²) < 4.78 is 5.01. The Bertz CT molecular complexity index is 694. The largest absolute Gasteiger partial charge is 0.478 e. The van der Waals surface area contributed by atoms with E-state index in [1.165, 1.54) is 13.0 Å². The molecular weight excluding hydrogens is 336 g/mol. The summed E-state index contributed by atoms with van der Waals surface area (Å²) in [5.74, 6) is -1.63. The molecule has 0 saturated carbocycles. The average molecular weight is 349 g/mol. The molecule has 0 bridgehead atoms. The van der Waals surface area contributed by atoms with Crippen molar-refractivity contribution < 1.29 is 19.4 Å². The van der Waals surface area contributed by atoms with Crippen molar-refractivity contribution in [1.82, 2.24) is 0 Å². The van der Waals surface area contributed by atoms with Crippen molar-refractivity contribution in [2.75, 3.05) is 0 Å². The molecule has 0 saturated heterocycles. The Morgan fingerprint density at radius 2 is 1.90 bits per heavy atom. The van der Waals surface area contributed by atoms with Gasteiger partial charge < -0.3 is 9.84 Å². The average Bonchev–Trinajstić information content (AvgIpc) is 2.46. The molecule has 0 aliphatic heterocycles. The zero-order valence-electron chi connectivity index (χ0n) is 11.3. The molecule has 21 heavy (non-hydrogen) atoms. The zero-order valence-corrected chi connectivity index (χ0v) is 12.9. The lowest BCUT2D eigenvalue weighted by atomic mass is 9.99. The van der Waals surface area contributed by atoms with Crippen LogP contribution in [0.15, 0.2) is 42.5 Å². The van der Waals surface area contributed by atoms with E-state index in [9.17, 15) is 9.59 Å². The first-order chi connectivity index (χ1) is 10.0. The molecule has 1 N–H and O–H groups in total. The van der Waals surface area contributed by atoms with Gasteiger partial charge in [0.1, 0.15) is 11.3 Å². The van der Waals surface area contributed by atoms with Crippen molar-refractivity contribution in [2.24, 2.45) is 0 Å². The first kappa shape index (κ1) is 15.3. The summed E-state index contributed by atoms with van der Waals surface area (Å²) in [7, 11) is 0. The van der Waals surface area contributed by atoms with Crippen LogP contribution in [0.2, 0.25) is 0 Å². The molecule has 0 radical (unpaired) electrons. The van der Waals surface area contributed by atoms with E-state index >= 15 is 0 Å². The summed E-state index contributed by atoms with van der Waals surface area (Å²) in [6.07, 6.45) is 0. The number of ether oxygens (including phenoxy) is 1. The van der Waals surface area contributed by atoms with Gasteiger partial charge in [-0.25, -0.2) is 4.79 Å². The predicted molar refractivity (Wildman–Crippen MR) is 82.8 cm³/mol. The highest BCUT2D eigenvalue weighted by Crippen LogP contribution is 2.30. The molecule has 108 valence electrons. The molecule has 0 spiro atoms. The number of carbonyl (C=O) groups is 2. The quantitative estimate of drug-likeness (QED) is 0.517. The molecule has 2 aromatic carbocycles. The number of benzene rings is 2. The van der Waals surface area contributed by atoms with E-state index < -0.39 is 11.9 Å². The molecular formula is C16H13BrO4. The molecule has 0 aliphatic carbocycles. The van der Waals surface area contributed by atoms with E-state index in [4.69, 9.17) is 9.84 Å². The van der Waals surface area contributed by atoms with Crippen LogP contribution in [-0.4, -0.2) is 17.0 Å². The highest BCUT2D eigenvalue weighted by molar-refractivity contribution is 9.08. The maximum atomic E-state index is 11.2. The van der Waals surface area contributed by atoms with Crippen molar-refractivity contribution in [3.63, 3.8) is 0 Å². The lowest BCUT2D eigenvalue weighted by molar-refractivity contribution is -0.131. The molecule has 4 nitrogen and oxygen atoms in total. The molecule has 2 aromatic rings. The van der Waals surface area contributed by atoms with Gasteiger partial charge in [0.05, 0.1) is 0 Å². The highest BCUT2D eigenvalue weighted by Gasteiger charge is 2.15. The monoisotopic (exact) mass is 348 g/mol. The van der Waals surface area contributed by atoms with Crippen molar-refractivity contribution >= 4 is 27.9 Å². The molecule has 0 amide bonds. The number of carboxylic acid groups (broad SMARTS) is 1. The number of hydrogen-bond donors (Lipinski definition) is 1. The fourth-order valence-electron chi connectivity index (χ4n) is 2.02. The maximum Gasteiger partial charge on any atom is 0.339 e. The summed E-state index contributed by atoms with van der Waals surface area (Å²) in [6.45, 7) is 1.24. The van der Waals surface area contributed by atoms with Crippen molar-refractivity contribution in [1.29, 1.82) is 0 Å². The first-order valence-corrected chi connectivity index (χ1v) is 7.35. The van der Waals surface area contributed by atoms with E-state index in [-0.39, 0.29) is 11.3 Å². The first-order valence-electron chi connectivity index (χ1n) is 6.23. The zero-order chi connectivity index (χ0) is 15.4. The molecule has 0 fully saturated rings. The Morgan fingerprint density at radius 3 is 2.52 bits per heavy atom. The van der Waals surface area contributed by atoms with Crippen LogP contribution in [-0.2, 0) is 10.1 Å². The third-order valence-corrected chi connectivity index (χ3v) is 3.54. The van der Waals surface area contributed by atoms with Gasteiger partial charge in [0.2, 0.25) is 0 Å². The van der Waals surface area contributed by atoms with Gasteiger partial charge in [0, 0.05) is 12.3 Å². The van der Waals surface area contributed by atoms with Gasteiger partial charge in [-0.1, -0.05) is 46.3 Å². The van der Waals surface area contributed by atoms with Crippen LogP contribution in [0.3, 0.4) is 0 Å². The molecule has 2 rings (SSSR count). The Morgan fingerprint density at radius 1 is 1.19 bits per heavy atom. The third kappa shape index (κ3) is 3.49. The summed E-state index contributed by atoms with van der Waals surface area (Å²) in [4.78, 5) is 22.3. The maximum absolute atomic E-state index is 11.2. The van der Waals surface area contributed by atoms with Gasteiger partial charge in [0.25, 0.3) is 0 Å². The van der Waals surface area contributed by atoms with E-state index in [0.717, 1.165) is 16.7 Å². The number of carbonyl (C=O) groups excluding carboxylic acids is 1. The molecule has 0 aromatic heterocycles. The van der Waals surface area contributed by atoms with Gasteiger partial charge in [0.15, 0.2) is 0 Å². The SMILES string of the molecule is CC(=O)Oc1cc(-c2ccccc2CBr)ccc1C(=O)O. The minimum atomic E-state index is -1.13. The highest BCUT2D eigenvalue weighted by atomic mass is 79.9. The lowest BCUT2D eigenvalue weighted by Gasteiger charge is -2.11. The second-order valence-electron chi connectivity index (χ2n) is 4.40. The Labute approximate surface area is 130 Å². The topological polar surface area (TPSA) is 63.6 Å². The van der Waals surface area contributed by atoms with E-state index in [1.807, 2.05) is 24.3 Å². The van der Waals surface area contributed by atoms with Gasteiger partial charge in [-0.3, -0.25) is 4.79 Å². The number of halogens is 1. The fourth-order valence-corrected chi connectivity index (χ4v) is 2.51. The third-order valence-electron chi connectivity index (χ3n) is 2.94. The number of carboxylic acids is 1. The Kier molecular flexibility index (Phi) is 4.75. The van der Waals surface area contributed by atoms with Gasteiger partial charge in [-0.15, -0.1) is 0 Å². The van der Waals surface area contributed by atoms with E-state index in [2.05, 4.69) is 15.9 Å². The van der Waals surface area contributed by atoms with E-state index in [0.29, 0.717) is 5.33 Å². The molecule has 0 heterocycles. The van der Waals surface area contributed by atoms with Crippen LogP contribution >= 0.6 is 15.9 Å². The van der Waals surface area contributed by atoms with Crippen LogP contribution in [0.25, 0.3) is 11.1 Å². The van der Waals surface area contributed by atoms with Crippen LogP contribution in [0.5, 0.6) is 5.75 Å². The van der Waals surface area contributed by atoms with Crippen LogP contribution in [0.1, 0.15) is 22.8 Å². The van der Waals surface area contributed by atoms with E-state index in [1.54, 1.807) is 12.1 Å². The second-order valence-corrected chi connectivity index (χ2v) is 4.96. The Hall–Kier alpha value is -2.14. The fraction of sp³-hybridized carbons (Fsp3) is 0.125. The van der Waals surface area contributed by atoms with Crippen molar-refractivity contribution in [3.8, 4) is 16.9 Å². The Balaban J connectivity index is 2.55. The van der Waals surface area contributed by atoms with Crippen LogP contribution in [0.4, 0.5) is 0 Å². The smallest absolute Gasteiger partial charge is 0.339 e. The summed E-state index contributed by atoms with van der Waals surface area (Å²) in [5, 5.41) is 9.82. The van der Waals surface area contributed by atoms with Gasteiger partial charge >= 0.3 is 11.9 Å². The normalized spacial score (nSPS) is 10.2. The number of esters is 1. The number of hydrogen-bond acceptors (Lipinski definition) is 3. The van der Waals surface area contributed by atoms with Gasteiger partial charge in [-0.05, 0) is 28.8 Å². The summed E-state index contributed by atoms with van der Waals surface area (Å²) >= 11 is 3.42. The van der Waals surface area contributed by atoms with Crippen molar-refractivity contribution in [3.05, 3.63) is 53.6 Å². The molecule has 5 heteroatoms. The molecule has 0 aliphatic rings. The van der Waals surface area contributed by atoms with Crippen LogP contribution in [0, 0.1) is 0 Å². The number of alkyl halides is 1. The predicted octanol–water partition coefficient (Wildman–Crippen LogP) is 3.87. The lowest BCUT2D eigenvalue weighted by Crippen LogP contribution is -2.07.